The highest BCUT2D eigenvalue weighted by atomic mass is 16.3. The maximum atomic E-state index is 6.30. The molecule has 0 N–H and O–H groups in total. The quantitative estimate of drug-likeness (QED) is 0.145. The molecule has 2 heteroatoms. The van der Waals surface area contributed by atoms with Crippen LogP contribution in [0.5, 0.6) is 0 Å². The summed E-state index contributed by atoms with van der Waals surface area (Å²) >= 11 is 0. The van der Waals surface area contributed by atoms with Crippen molar-refractivity contribution >= 4 is 39.0 Å². The van der Waals surface area contributed by atoms with Crippen LogP contribution < -0.4 is 4.90 Å². The van der Waals surface area contributed by atoms with E-state index in [0.29, 0.717) is 0 Å². The first-order chi connectivity index (χ1) is 30.7. The van der Waals surface area contributed by atoms with E-state index in [0.717, 1.165) is 66.8 Å². The lowest BCUT2D eigenvalue weighted by Crippen LogP contribution is -2.12. The smallest absolute Gasteiger partial charge is 0.136 e. The fraction of sp³-hybridized carbons (Fsp3) is 0. The highest BCUT2D eigenvalue weighted by Crippen LogP contribution is 2.48. The highest BCUT2D eigenvalue weighted by molar-refractivity contribution is 6.06. The molecule has 1 heterocycles. The van der Waals surface area contributed by atoms with Crippen molar-refractivity contribution in [1.29, 1.82) is 0 Å². The number of fused-ring (bicyclic) bond motifs is 3. The van der Waals surface area contributed by atoms with Crippen molar-refractivity contribution in [1.82, 2.24) is 0 Å². The van der Waals surface area contributed by atoms with E-state index in [-0.39, 0.29) is 0 Å². The maximum absolute atomic E-state index is 6.30. The van der Waals surface area contributed by atoms with Crippen LogP contribution in [0.3, 0.4) is 0 Å². The normalized spacial score (nSPS) is 11.2. The van der Waals surface area contributed by atoms with Gasteiger partial charge in [0.2, 0.25) is 0 Å². The maximum Gasteiger partial charge on any atom is 0.136 e. The summed E-state index contributed by atoms with van der Waals surface area (Å²) in [7, 11) is 0. The van der Waals surface area contributed by atoms with Crippen LogP contribution in [-0.2, 0) is 0 Å². The van der Waals surface area contributed by atoms with E-state index >= 15 is 0 Å². The minimum absolute atomic E-state index is 0.892. The Labute approximate surface area is 362 Å². The van der Waals surface area contributed by atoms with Gasteiger partial charge in [-0.25, -0.2) is 0 Å². The van der Waals surface area contributed by atoms with Gasteiger partial charge in [0.15, 0.2) is 0 Å². The monoisotopic (exact) mass is 791 g/mol. The van der Waals surface area contributed by atoms with Crippen molar-refractivity contribution in [3.63, 3.8) is 0 Å². The second-order valence-corrected chi connectivity index (χ2v) is 15.7. The lowest BCUT2D eigenvalue weighted by Gasteiger charge is -2.30. The first-order valence-electron chi connectivity index (χ1n) is 21.2. The van der Waals surface area contributed by atoms with Crippen LogP contribution in [0.25, 0.3) is 88.7 Å². The summed E-state index contributed by atoms with van der Waals surface area (Å²) in [6.45, 7) is 0. The van der Waals surface area contributed by atoms with E-state index < -0.39 is 0 Å². The van der Waals surface area contributed by atoms with Crippen molar-refractivity contribution in [2.24, 2.45) is 0 Å². The van der Waals surface area contributed by atoms with Crippen LogP contribution in [0.15, 0.2) is 253 Å². The summed E-state index contributed by atoms with van der Waals surface area (Å²) in [5, 5.41) is 2.27. The van der Waals surface area contributed by atoms with Crippen LogP contribution in [0, 0.1) is 0 Å². The molecule has 0 spiro atoms. The number of benzene rings is 10. The molecule has 1 aromatic heterocycles. The molecule has 0 aliphatic rings. The van der Waals surface area contributed by atoms with Crippen LogP contribution >= 0.6 is 0 Å². The Hall–Kier alpha value is -8.20. The zero-order valence-electron chi connectivity index (χ0n) is 34.0. The molecule has 11 rings (SSSR count). The van der Waals surface area contributed by atoms with Gasteiger partial charge in [-0.15, -0.1) is 0 Å². The summed E-state index contributed by atoms with van der Waals surface area (Å²) in [6.07, 6.45) is 0. The van der Waals surface area contributed by atoms with Crippen molar-refractivity contribution in [2.45, 2.75) is 0 Å². The molecule has 0 saturated carbocycles. The fourth-order valence-electron chi connectivity index (χ4n) is 8.86. The third kappa shape index (κ3) is 6.94. The van der Waals surface area contributed by atoms with Gasteiger partial charge in [-0.1, -0.05) is 200 Å². The summed E-state index contributed by atoms with van der Waals surface area (Å²) < 4.78 is 6.30. The number of para-hydroxylation sites is 1. The van der Waals surface area contributed by atoms with Gasteiger partial charge in [-0.2, -0.15) is 0 Å². The van der Waals surface area contributed by atoms with E-state index in [1.54, 1.807) is 0 Å². The van der Waals surface area contributed by atoms with Gasteiger partial charge in [-0.05, 0) is 110 Å². The van der Waals surface area contributed by atoms with Gasteiger partial charge in [0.1, 0.15) is 11.2 Å². The molecule has 0 saturated heterocycles. The van der Waals surface area contributed by atoms with Crippen molar-refractivity contribution in [3.05, 3.63) is 249 Å². The molecule has 10 aromatic carbocycles. The Morgan fingerprint density at radius 1 is 0.258 bits per heavy atom. The van der Waals surface area contributed by atoms with Gasteiger partial charge in [0.05, 0.1) is 5.69 Å². The molecule has 2 nitrogen and oxygen atoms in total. The third-order valence-corrected chi connectivity index (χ3v) is 11.9. The molecule has 0 amide bonds. The molecule has 0 aliphatic carbocycles. The third-order valence-electron chi connectivity index (χ3n) is 11.9. The van der Waals surface area contributed by atoms with Gasteiger partial charge in [-0.3, -0.25) is 0 Å². The molecule has 62 heavy (non-hydrogen) atoms. The molecular formula is C60H41NO. The van der Waals surface area contributed by atoms with E-state index in [9.17, 15) is 0 Å². The predicted octanol–water partition coefficient (Wildman–Crippen LogP) is 17.1. The predicted molar refractivity (Wildman–Crippen MR) is 261 cm³/mol. The van der Waals surface area contributed by atoms with E-state index in [4.69, 9.17) is 4.42 Å². The molecule has 0 aliphatic heterocycles. The Morgan fingerprint density at radius 2 is 0.677 bits per heavy atom. The Bertz CT molecular complexity index is 3300. The second-order valence-electron chi connectivity index (χ2n) is 15.7. The standard InChI is InChI=1S/C60H41NO/c1-4-15-42(16-5-1)43-27-29-44(30-28-43)45-31-36-50(37-32-45)61(51-38-33-46(34-39-51)49-35-40-55-54-22-12-13-26-58(54)62-59(55)41-49)57-25-14-24-53(48-19-8-3-9-20-48)60(57)56-23-11-10-21-52(56)47-17-6-2-7-18-47/h1-41H. The molecule has 0 radical (unpaired) electrons. The van der Waals surface area contributed by atoms with Crippen LogP contribution in [0.1, 0.15) is 0 Å². The van der Waals surface area contributed by atoms with Gasteiger partial charge >= 0.3 is 0 Å². The van der Waals surface area contributed by atoms with E-state index in [1.807, 2.05) is 12.1 Å². The topological polar surface area (TPSA) is 16.4 Å². The van der Waals surface area contributed by atoms with Gasteiger partial charge < -0.3 is 9.32 Å². The molecule has 0 atom stereocenters. The number of rotatable bonds is 9. The minimum atomic E-state index is 0.892. The molecule has 0 bridgehead atoms. The average molecular weight is 792 g/mol. The van der Waals surface area contributed by atoms with Crippen molar-refractivity contribution in [3.8, 4) is 66.8 Å². The minimum Gasteiger partial charge on any atom is -0.456 e. The molecule has 292 valence electrons. The van der Waals surface area contributed by atoms with Gasteiger partial charge in [0, 0.05) is 27.7 Å². The second kappa shape index (κ2) is 16.1. The van der Waals surface area contributed by atoms with Crippen LogP contribution in [0.2, 0.25) is 0 Å². The van der Waals surface area contributed by atoms with Crippen LogP contribution in [-0.4, -0.2) is 0 Å². The van der Waals surface area contributed by atoms with Crippen molar-refractivity contribution < 1.29 is 4.42 Å². The van der Waals surface area contributed by atoms with Crippen molar-refractivity contribution in [2.75, 3.05) is 4.90 Å². The summed E-state index contributed by atoms with van der Waals surface area (Å²) in [6, 6.07) is 89.1. The zero-order chi connectivity index (χ0) is 41.2. The number of hydrogen-bond acceptors (Lipinski definition) is 2. The fourth-order valence-corrected chi connectivity index (χ4v) is 8.86. The first kappa shape index (κ1) is 36.8. The first-order valence-corrected chi connectivity index (χ1v) is 21.2. The van der Waals surface area contributed by atoms with Crippen LogP contribution in [0.4, 0.5) is 17.1 Å². The molecule has 0 fully saturated rings. The Kier molecular flexibility index (Phi) is 9.57. The SMILES string of the molecule is c1ccc(-c2ccc(-c3ccc(N(c4ccc(-c5ccc6c(c5)oc5ccccc56)cc4)c4cccc(-c5ccccc5)c4-c4ccccc4-c4ccccc4)cc3)cc2)cc1. The zero-order valence-corrected chi connectivity index (χ0v) is 34.0. The molecule has 11 aromatic rings. The Balaban J connectivity index is 1.07. The summed E-state index contributed by atoms with van der Waals surface area (Å²) in [5.41, 5.74) is 19.0. The average Bonchev–Trinajstić information content (AvgIpc) is 3.73. The number of nitrogens with zero attached hydrogens (tertiary/aromatic N) is 1. The number of anilines is 3. The molecule has 0 unspecified atom stereocenters. The van der Waals surface area contributed by atoms with E-state index in [1.165, 1.54) is 38.9 Å². The van der Waals surface area contributed by atoms with E-state index in [2.05, 4.69) is 241 Å². The number of furan rings is 1. The molecular weight excluding hydrogens is 751 g/mol. The highest BCUT2D eigenvalue weighted by Gasteiger charge is 2.23. The lowest BCUT2D eigenvalue weighted by molar-refractivity contribution is 0.669. The largest absolute Gasteiger partial charge is 0.456 e. The Morgan fingerprint density at radius 3 is 1.29 bits per heavy atom. The summed E-state index contributed by atoms with van der Waals surface area (Å²) in [5.74, 6) is 0. The summed E-state index contributed by atoms with van der Waals surface area (Å²) in [4.78, 5) is 2.41. The lowest BCUT2D eigenvalue weighted by atomic mass is 9.87. The number of hydrogen-bond donors (Lipinski definition) is 0. The van der Waals surface area contributed by atoms with Gasteiger partial charge in [0.25, 0.3) is 0 Å².